The number of halogens is 4. The van der Waals surface area contributed by atoms with Crippen LogP contribution in [0.25, 0.3) is 0 Å². The molecule has 2 aromatic carbocycles. The Kier molecular flexibility index (Phi) is 5.48. The highest BCUT2D eigenvalue weighted by molar-refractivity contribution is 7.87. The molecule has 0 aliphatic rings. The van der Waals surface area contributed by atoms with Crippen LogP contribution in [0.15, 0.2) is 36.4 Å². The van der Waals surface area contributed by atoms with Crippen molar-refractivity contribution >= 4 is 10.1 Å². The second kappa shape index (κ2) is 6.91. The summed E-state index contributed by atoms with van der Waals surface area (Å²) in [6.45, 7) is 6.08. The number of hydrogen-bond donors (Lipinski definition) is 0. The van der Waals surface area contributed by atoms with Gasteiger partial charge in [0.05, 0.1) is 0 Å². The fraction of sp³-hybridized carbons (Fsp3) is 0.250. The summed E-state index contributed by atoms with van der Waals surface area (Å²) in [5, 5.41) is 0. The first-order valence-electron chi connectivity index (χ1n) is 6.83. The standard InChI is InChI=1S/C16H15F3IO3S/c1-10-8-11(2)15(12(3)9-10)20-13-4-6-14(7-5-13)23-24(21,22)16(17,18)19/h4-9H,1-3H3/q+1. The van der Waals surface area contributed by atoms with E-state index in [1.54, 1.807) is 12.1 Å². The van der Waals surface area contributed by atoms with Crippen molar-refractivity contribution in [3.63, 3.8) is 0 Å². The lowest BCUT2D eigenvalue weighted by Crippen LogP contribution is -3.62. The van der Waals surface area contributed by atoms with Gasteiger partial charge in [0.2, 0.25) is 0 Å². The molecule has 0 saturated heterocycles. The van der Waals surface area contributed by atoms with E-state index in [2.05, 4.69) is 16.3 Å². The Hall–Kier alpha value is -1.29. The maximum atomic E-state index is 12.3. The summed E-state index contributed by atoms with van der Waals surface area (Å²) < 4.78 is 65.2. The van der Waals surface area contributed by atoms with Crippen LogP contribution in [-0.4, -0.2) is 13.9 Å². The fourth-order valence-corrected chi connectivity index (χ4v) is 5.11. The zero-order valence-corrected chi connectivity index (χ0v) is 16.1. The van der Waals surface area contributed by atoms with Crippen LogP contribution < -0.4 is 25.4 Å². The lowest BCUT2D eigenvalue weighted by Gasteiger charge is -2.08. The molecule has 0 aliphatic heterocycles. The molecular formula is C16H15F3IO3S+. The molecule has 0 heterocycles. The average Bonchev–Trinajstić information content (AvgIpc) is 2.43. The Morgan fingerprint density at radius 1 is 0.958 bits per heavy atom. The van der Waals surface area contributed by atoms with Gasteiger partial charge < -0.3 is 4.18 Å². The van der Waals surface area contributed by atoms with Gasteiger partial charge >= 0.3 is 36.8 Å². The van der Waals surface area contributed by atoms with Crippen molar-refractivity contribution in [3.05, 3.63) is 60.2 Å². The molecule has 0 unspecified atom stereocenters. The summed E-state index contributed by atoms with van der Waals surface area (Å²) in [5.74, 6) is -0.350. The number of benzene rings is 2. The third-order valence-corrected chi connectivity index (χ3v) is 7.65. The number of hydrogen-bond acceptors (Lipinski definition) is 3. The molecule has 0 amide bonds. The van der Waals surface area contributed by atoms with Gasteiger partial charge in [-0.1, -0.05) is 17.7 Å². The van der Waals surface area contributed by atoms with Crippen molar-refractivity contribution in [2.45, 2.75) is 26.3 Å². The first kappa shape index (κ1) is 19.0. The third kappa shape index (κ3) is 4.41. The highest BCUT2D eigenvalue weighted by Crippen LogP contribution is 2.26. The average molecular weight is 471 g/mol. The number of alkyl halides is 3. The molecule has 2 aromatic rings. The SMILES string of the molecule is Cc1cc(C)c([I+]c2ccc(OS(=O)(=O)C(F)(F)F)cc2)c(C)c1. The van der Waals surface area contributed by atoms with Crippen LogP contribution in [-0.2, 0) is 10.1 Å². The van der Waals surface area contributed by atoms with Gasteiger partial charge in [-0.2, -0.15) is 21.6 Å². The molecule has 3 nitrogen and oxygen atoms in total. The van der Waals surface area contributed by atoms with Gasteiger partial charge in [0, 0.05) is 11.1 Å². The normalized spacial score (nSPS) is 12.2. The van der Waals surface area contributed by atoms with Crippen LogP contribution in [0.5, 0.6) is 5.75 Å². The Labute approximate surface area is 149 Å². The van der Waals surface area contributed by atoms with Crippen molar-refractivity contribution in [2.75, 3.05) is 0 Å². The summed E-state index contributed by atoms with van der Waals surface area (Å²) in [4.78, 5) is 0. The van der Waals surface area contributed by atoms with E-state index < -0.39 is 36.8 Å². The van der Waals surface area contributed by atoms with Crippen molar-refractivity contribution in [1.29, 1.82) is 0 Å². The highest BCUT2D eigenvalue weighted by atomic mass is 127. The second-order valence-corrected chi connectivity index (χ2v) is 9.65. The monoisotopic (exact) mass is 471 g/mol. The fourth-order valence-electron chi connectivity index (χ4n) is 2.15. The molecule has 0 radical (unpaired) electrons. The van der Waals surface area contributed by atoms with Crippen LogP contribution in [0.2, 0.25) is 0 Å². The van der Waals surface area contributed by atoms with Gasteiger partial charge in [-0.05, 0) is 45.0 Å². The minimum atomic E-state index is -5.63. The van der Waals surface area contributed by atoms with Gasteiger partial charge in [-0.3, -0.25) is 0 Å². The van der Waals surface area contributed by atoms with Crippen LogP contribution in [0.3, 0.4) is 0 Å². The van der Waals surface area contributed by atoms with Crippen LogP contribution in [0.1, 0.15) is 16.7 Å². The molecule has 0 aliphatic carbocycles. The summed E-state index contributed by atoms with van der Waals surface area (Å²) in [7, 11) is -5.63. The summed E-state index contributed by atoms with van der Waals surface area (Å²) in [6.07, 6.45) is 0. The van der Waals surface area contributed by atoms with E-state index in [0.717, 1.165) is 3.57 Å². The van der Waals surface area contributed by atoms with Gasteiger partial charge in [0.15, 0.2) is 7.14 Å². The summed E-state index contributed by atoms with van der Waals surface area (Å²) in [5.41, 5.74) is -1.89. The molecule has 0 N–H and O–H groups in total. The van der Waals surface area contributed by atoms with Gasteiger partial charge in [-0.15, -0.1) is 0 Å². The maximum absolute atomic E-state index is 12.3. The third-order valence-electron chi connectivity index (χ3n) is 3.09. The van der Waals surface area contributed by atoms with Crippen LogP contribution >= 0.6 is 0 Å². The second-order valence-electron chi connectivity index (χ2n) is 5.24. The minimum absolute atomic E-state index is 0.350. The molecule has 0 atom stereocenters. The first-order valence-corrected chi connectivity index (χ1v) is 10.4. The Bertz CT molecular complexity index is 821. The van der Waals surface area contributed by atoms with E-state index in [1.807, 2.05) is 20.8 Å². The summed E-state index contributed by atoms with van der Waals surface area (Å²) in [6, 6.07) is 9.89. The van der Waals surface area contributed by atoms with E-state index >= 15 is 0 Å². The maximum Gasteiger partial charge on any atom is 0.534 e. The molecule has 0 fully saturated rings. The van der Waals surface area contributed by atoms with Crippen LogP contribution in [0, 0.1) is 27.9 Å². The van der Waals surface area contributed by atoms with E-state index in [9.17, 15) is 21.6 Å². The van der Waals surface area contributed by atoms with E-state index in [4.69, 9.17) is 0 Å². The topological polar surface area (TPSA) is 43.4 Å². The van der Waals surface area contributed by atoms with Gasteiger partial charge in [-0.25, -0.2) is 0 Å². The number of rotatable bonds is 4. The molecule has 130 valence electrons. The predicted molar refractivity (Wildman–Crippen MR) is 80.1 cm³/mol. The molecule has 0 spiro atoms. The smallest absolute Gasteiger partial charge is 0.376 e. The van der Waals surface area contributed by atoms with Gasteiger partial charge in [0.1, 0.15) is 5.75 Å². The largest absolute Gasteiger partial charge is 0.534 e. The van der Waals surface area contributed by atoms with E-state index in [-0.39, 0.29) is 5.75 Å². The zero-order valence-electron chi connectivity index (χ0n) is 13.1. The molecular weight excluding hydrogens is 456 g/mol. The predicted octanol–water partition coefficient (Wildman–Crippen LogP) is 0.969. The number of aryl methyl sites for hydroxylation is 3. The van der Waals surface area contributed by atoms with Crippen LogP contribution in [0.4, 0.5) is 13.2 Å². The highest BCUT2D eigenvalue weighted by Gasteiger charge is 2.48. The van der Waals surface area contributed by atoms with Crippen molar-refractivity contribution in [1.82, 2.24) is 0 Å². The van der Waals surface area contributed by atoms with Crippen molar-refractivity contribution in [3.8, 4) is 5.75 Å². The molecule has 8 heteroatoms. The van der Waals surface area contributed by atoms with E-state index in [1.165, 1.54) is 32.4 Å². The quantitative estimate of drug-likeness (QED) is 0.380. The van der Waals surface area contributed by atoms with Gasteiger partial charge in [0.25, 0.3) is 0 Å². The van der Waals surface area contributed by atoms with Crippen molar-refractivity contribution in [2.24, 2.45) is 0 Å². The summed E-state index contributed by atoms with van der Waals surface area (Å²) >= 11 is -0.525. The Morgan fingerprint density at radius 2 is 1.46 bits per heavy atom. The molecule has 24 heavy (non-hydrogen) atoms. The first-order chi connectivity index (χ1) is 11.0. The molecule has 0 bridgehead atoms. The lowest BCUT2D eigenvalue weighted by atomic mass is 10.1. The molecule has 0 aromatic heterocycles. The molecule has 0 saturated carbocycles. The van der Waals surface area contributed by atoms with Crippen molar-refractivity contribution < 1.29 is 47.0 Å². The molecule has 2 rings (SSSR count). The minimum Gasteiger partial charge on any atom is -0.376 e. The van der Waals surface area contributed by atoms with E-state index in [0.29, 0.717) is 0 Å². The lowest BCUT2D eigenvalue weighted by molar-refractivity contribution is -0.598. The Balaban J connectivity index is 2.19. The zero-order chi connectivity index (χ0) is 18.1. The Morgan fingerprint density at radius 3 is 1.92 bits per heavy atom.